The molecule has 4 N–H and O–H groups in total. The summed E-state index contributed by atoms with van der Waals surface area (Å²) in [5.74, 6) is -1.25. The maximum atomic E-state index is 10.3. The van der Waals surface area contributed by atoms with Gasteiger partial charge >= 0.3 is 5.97 Å². The molecule has 0 unspecified atom stereocenters. The summed E-state index contributed by atoms with van der Waals surface area (Å²) in [7, 11) is 0. The van der Waals surface area contributed by atoms with Gasteiger partial charge < -0.3 is 11.5 Å². The largest absolute Gasteiger partial charge is 0.397 e. The topological polar surface area (TPSA) is 89.0 Å². The average molecular weight is 151 g/mol. The quantitative estimate of drug-likeness (QED) is 0.570. The first-order valence-corrected chi connectivity index (χ1v) is 2.97. The number of hydrogen-bond donors (Lipinski definition) is 2. The Bertz CT molecular complexity index is 296. The highest BCUT2D eigenvalue weighted by Crippen LogP contribution is 2.15. The highest BCUT2D eigenvalue weighted by atomic mass is 16.4. The molecule has 11 heavy (non-hydrogen) atoms. The van der Waals surface area contributed by atoms with E-state index in [0.29, 0.717) is 5.69 Å². The Balaban J connectivity index is 3.15. The lowest BCUT2D eigenvalue weighted by atomic mass is 10.2. The van der Waals surface area contributed by atoms with Gasteiger partial charge in [-0.05, 0) is 18.2 Å². The molecule has 1 radical (unpaired) electrons. The third-order valence-corrected chi connectivity index (χ3v) is 1.32. The fraction of sp³-hybridized carbons (Fsp3) is 0. The summed E-state index contributed by atoms with van der Waals surface area (Å²) in [6.07, 6.45) is 0. The predicted octanol–water partition coefficient (Wildman–Crippen LogP) is 0.422. The predicted molar refractivity (Wildman–Crippen MR) is 40.3 cm³/mol. The van der Waals surface area contributed by atoms with Crippen molar-refractivity contribution < 1.29 is 9.90 Å². The molecule has 4 heteroatoms. The van der Waals surface area contributed by atoms with Crippen molar-refractivity contribution in [3.05, 3.63) is 23.8 Å². The molecule has 0 saturated heterocycles. The minimum absolute atomic E-state index is 0.0386. The third kappa shape index (κ3) is 1.40. The lowest BCUT2D eigenvalue weighted by molar-refractivity contribution is 0.0573. The molecule has 0 aliphatic carbocycles. The summed E-state index contributed by atoms with van der Waals surface area (Å²) in [4.78, 5) is 10.3. The Morgan fingerprint density at radius 2 is 1.82 bits per heavy atom. The van der Waals surface area contributed by atoms with Gasteiger partial charge in [-0.25, -0.2) is 9.90 Å². The molecule has 0 bridgehead atoms. The van der Waals surface area contributed by atoms with Gasteiger partial charge in [0.05, 0.1) is 16.9 Å². The van der Waals surface area contributed by atoms with Crippen molar-refractivity contribution in [2.75, 3.05) is 11.5 Å². The summed E-state index contributed by atoms with van der Waals surface area (Å²) in [6.45, 7) is 0. The van der Waals surface area contributed by atoms with Gasteiger partial charge in [0.2, 0.25) is 0 Å². The second-order valence-electron chi connectivity index (χ2n) is 2.13. The molecule has 0 amide bonds. The SMILES string of the molecule is Nc1ccc(C([O])=O)cc1N. The molecule has 1 aromatic rings. The summed E-state index contributed by atoms with van der Waals surface area (Å²) in [5.41, 5.74) is 11.4. The van der Waals surface area contributed by atoms with Gasteiger partial charge in [0, 0.05) is 0 Å². The van der Waals surface area contributed by atoms with Crippen molar-refractivity contribution in [1.82, 2.24) is 0 Å². The minimum atomic E-state index is -1.25. The van der Waals surface area contributed by atoms with E-state index < -0.39 is 5.97 Å². The van der Waals surface area contributed by atoms with Gasteiger partial charge in [0.25, 0.3) is 0 Å². The van der Waals surface area contributed by atoms with E-state index in [4.69, 9.17) is 11.5 Å². The van der Waals surface area contributed by atoms with Gasteiger partial charge in [-0.1, -0.05) is 0 Å². The van der Waals surface area contributed by atoms with Crippen LogP contribution in [0, 0.1) is 0 Å². The highest BCUT2D eigenvalue weighted by Gasteiger charge is 2.05. The molecular weight excluding hydrogens is 144 g/mol. The van der Waals surface area contributed by atoms with Crippen LogP contribution in [0.4, 0.5) is 11.4 Å². The number of nitrogens with two attached hydrogens (primary N) is 2. The molecule has 0 atom stereocenters. The summed E-state index contributed by atoms with van der Waals surface area (Å²) in [6, 6.07) is 4.05. The van der Waals surface area contributed by atoms with Gasteiger partial charge in [-0.15, -0.1) is 0 Å². The summed E-state index contributed by atoms with van der Waals surface area (Å²) in [5, 5.41) is 10.3. The third-order valence-electron chi connectivity index (χ3n) is 1.32. The molecule has 4 nitrogen and oxygen atoms in total. The number of nitrogen functional groups attached to an aromatic ring is 2. The normalized spacial score (nSPS) is 9.45. The second kappa shape index (κ2) is 2.49. The molecule has 0 aliphatic rings. The first-order chi connectivity index (χ1) is 5.11. The molecule has 0 aromatic heterocycles. The highest BCUT2D eigenvalue weighted by molar-refractivity contribution is 5.89. The first-order valence-electron chi connectivity index (χ1n) is 2.97. The van der Waals surface area contributed by atoms with Crippen LogP contribution in [-0.2, 0) is 5.11 Å². The van der Waals surface area contributed by atoms with Crippen molar-refractivity contribution >= 4 is 17.3 Å². The van der Waals surface area contributed by atoms with Crippen LogP contribution < -0.4 is 11.5 Å². The Kier molecular flexibility index (Phi) is 1.68. The Morgan fingerprint density at radius 1 is 1.18 bits per heavy atom. The van der Waals surface area contributed by atoms with E-state index in [2.05, 4.69) is 0 Å². The molecular formula is C7H7N2O2. The van der Waals surface area contributed by atoms with Crippen LogP contribution >= 0.6 is 0 Å². The Labute approximate surface area is 63.4 Å². The number of carbonyl (C=O) groups excluding carboxylic acids is 1. The molecule has 0 aliphatic heterocycles. The van der Waals surface area contributed by atoms with E-state index in [0.717, 1.165) is 0 Å². The molecule has 0 saturated carbocycles. The number of hydrogen-bond acceptors (Lipinski definition) is 3. The number of rotatable bonds is 1. The molecule has 1 rings (SSSR count). The molecule has 0 fully saturated rings. The zero-order chi connectivity index (χ0) is 8.43. The maximum Gasteiger partial charge on any atom is 0.386 e. The van der Waals surface area contributed by atoms with Crippen LogP contribution in [0.2, 0.25) is 0 Å². The van der Waals surface area contributed by atoms with Crippen LogP contribution in [-0.4, -0.2) is 5.97 Å². The smallest absolute Gasteiger partial charge is 0.386 e. The lowest BCUT2D eigenvalue weighted by Gasteiger charge is -1.98. The van der Waals surface area contributed by atoms with Gasteiger partial charge in [0.15, 0.2) is 0 Å². The first kappa shape index (κ1) is 7.40. The fourth-order valence-electron chi connectivity index (χ4n) is 0.702. The van der Waals surface area contributed by atoms with Crippen molar-refractivity contribution in [3.63, 3.8) is 0 Å². The van der Waals surface area contributed by atoms with E-state index in [-0.39, 0.29) is 11.3 Å². The van der Waals surface area contributed by atoms with Crippen LogP contribution in [0.5, 0.6) is 0 Å². The molecule has 0 spiro atoms. The summed E-state index contributed by atoms with van der Waals surface area (Å²) >= 11 is 0. The second-order valence-corrected chi connectivity index (χ2v) is 2.13. The zero-order valence-electron chi connectivity index (χ0n) is 5.70. The van der Waals surface area contributed by atoms with E-state index >= 15 is 0 Å². The number of anilines is 2. The Morgan fingerprint density at radius 3 is 2.27 bits per heavy atom. The lowest BCUT2D eigenvalue weighted by Crippen LogP contribution is -1.99. The van der Waals surface area contributed by atoms with Crippen molar-refractivity contribution in [2.45, 2.75) is 0 Å². The van der Waals surface area contributed by atoms with Gasteiger partial charge in [-0.2, -0.15) is 0 Å². The van der Waals surface area contributed by atoms with E-state index in [9.17, 15) is 9.90 Å². The monoisotopic (exact) mass is 151 g/mol. The molecule has 1 aromatic carbocycles. The molecule has 0 heterocycles. The standard InChI is InChI=1S/C7H7N2O2/c8-5-2-1-4(7(10)11)3-6(5)9/h1-3H,8-9H2. The average Bonchev–Trinajstić information content (AvgIpc) is 1.94. The maximum absolute atomic E-state index is 10.3. The van der Waals surface area contributed by atoms with Gasteiger partial charge in [-0.3, -0.25) is 0 Å². The van der Waals surface area contributed by atoms with E-state index in [1.807, 2.05) is 0 Å². The number of benzene rings is 1. The van der Waals surface area contributed by atoms with E-state index in [1.165, 1.54) is 18.2 Å². The molecule has 57 valence electrons. The van der Waals surface area contributed by atoms with Crippen LogP contribution in [0.15, 0.2) is 18.2 Å². The Hall–Kier alpha value is -1.71. The fourth-order valence-corrected chi connectivity index (χ4v) is 0.702. The number of carbonyl (C=O) groups is 1. The van der Waals surface area contributed by atoms with Crippen LogP contribution in [0.3, 0.4) is 0 Å². The van der Waals surface area contributed by atoms with Crippen molar-refractivity contribution in [1.29, 1.82) is 0 Å². The van der Waals surface area contributed by atoms with Gasteiger partial charge in [0.1, 0.15) is 0 Å². The zero-order valence-corrected chi connectivity index (χ0v) is 5.70. The minimum Gasteiger partial charge on any atom is -0.397 e. The van der Waals surface area contributed by atoms with Crippen LogP contribution in [0.25, 0.3) is 0 Å². The van der Waals surface area contributed by atoms with Crippen LogP contribution in [0.1, 0.15) is 10.4 Å². The van der Waals surface area contributed by atoms with Crippen molar-refractivity contribution in [3.8, 4) is 0 Å². The summed E-state index contributed by atoms with van der Waals surface area (Å²) < 4.78 is 0. The van der Waals surface area contributed by atoms with E-state index in [1.54, 1.807) is 0 Å². The van der Waals surface area contributed by atoms with Crippen molar-refractivity contribution in [2.24, 2.45) is 0 Å².